The van der Waals surface area contributed by atoms with Crippen molar-refractivity contribution in [1.29, 1.82) is 0 Å². The van der Waals surface area contributed by atoms with Crippen LogP contribution in [0.1, 0.15) is 0 Å². The first-order valence-electron chi connectivity index (χ1n) is 24.7. The van der Waals surface area contributed by atoms with Gasteiger partial charge in [-0.15, -0.1) is 0 Å². The predicted octanol–water partition coefficient (Wildman–Crippen LogP) is 20.0. The average Bonchev–Trinajstić information content (AvgIpc) is 3.84. The Morgan fingerprint density at radius 2 is 0.750 bits per heavy atom. The molecule has 0 radical (unpaired) electrons. The van der Waals surface area contributed by atoms with Gasteiger partial charge in [-0.05, 0) is 148 Å². The Bertz CT molecular complexity index is 4360. The van der Waals surface area contributed by atoms with Gasteiger partial charge in [-0.1, -0.05) is 218 Å². The van der Waals surface area contributed by atoms with Crippen molar-refractivity contribution in [1.82, 2.24) is 0 Å². The number of anilines is 3. The topological polar surface area (TPSA) is 16.4 Å². The first-order valence-corrected chi connectivity index (χ1v) is 24.7. The van der Waals surface area contributed by atoms with Crippen molar-refractivity contribution in [3.05, 3.63) is 273 Å². The Labute approximate surface area is 417 Å². The summed E-state index contributed by atoms with van der Waals surface area (Å²) in [6.07, 6.45) is 0. The predicted molar refractivity (Wildman–Crippen MR) is 306 cm³/mol. The zero-order valence-corrected chi connectivity index (χ0v) is 39.3. The number of rotatable bonds is 8. The zero-order chi connectivity index (χ0) is 47.5. The van der Waals surface area contributed by atoms with Crippen LogP contribution in [0.2, 0.25) is 0 Å². The quantitative estimate of drug-likeness (QED) is 0.141. The molecule has 1 heterocycles. The van der Waals surface area contributed by atoms with Gasteiger partial charge in [0.2, 0.25) is 0 Å². The summed E-state index contributed by atoms with van der Waals surface area (Å²) in [7, 11) is 0. The van der Waals surface area contributed by atoms with Crippen molar-refractivity contribution in [2.24, 2.45) is 0 Å². The third kappa shape index (κ3) is 6.95. The van der Waals surface area contributed by atoms with Gasteiger partial charge < -0.3 is 9.32 Å². The molecule has 0 bridgehead atoms. The molecule has 0 aliphatic rings. The van der Waals surface area contributed by atoms with E-state index in [9.17, 15) is 0 Å². The minimum atomic E-state index is 0.893. The average molecular weight is 916 g/mol. The molecule has 0 fully saturated rings. The number of furan rings is 1. The van der Waals surface area contributed by atoms with E-state index < -0.39 is 0 Å². The van der Waals surface area contributed by atoms with Crippen molar-refractivity contribution in [2.75, 3.05) is 4.90 Å². The summed E-state index contributed by atoms with van der Waals surface area (Å²) >= 11 is 0. The molecule has 0 aliphatic heterocycles. The molecule has 0 unspecified atom stereocenters. The van der Waals surface area contributed by atoms with E-state index in [0.717, 1.165) is 55.7 Å². The second-order valence-electron chi connectivity index (χ2n) is 18.7. The molecule has 72 heavy (non-hydrogen) atoms. The fourth-order valence-electron chi connectivity index (χ4n) is 11.3. The van der Waals surface area contributed by atoms with Crippen LogP contribution in [0.15, 0.2) is 277 Å². The van der Waals surface area contributed by atoms with E-state index in [1.807, 2.05) is 6.07 Å². The highest BCUT2D eigenvalue weighted by molar-refractivity contribution is 6.22. The molecule has 13 aromatic carbocycles. The zero-order valence-electron chi connectivity index (χ0n) is 39.3. The largest absolute Gasteiger partial charge is 0.455 e. The van der Waals surface area contributed by atoms with Gasteiger partial charge in [-0.2, -0.15) is 0 Å². The molecule has 0 saturated carbocycles. The molecule has 336 valence electrons. The lowest BCUT2D eigenvalue weighted by molar-refractivity contribution is 0.670. The molecular formula is C70H45NO. The summed E-state index contributed by atoms with van der Waals surface area (Å²) in [5.74, 6) is 0. The molecule has 0 N–H and O–H groups in total. The van der Waals surface area contributed by atoms with Crippen LogP contribution in [0.3, 0.4) is 0 Å². The monoisotopic (exact) mass is 915 g/mol. The molecule has 14 rings (SSSR count). The van der Waals surface area contributed by atoms with Crippen LogP contribution in [0.4, 0.5) is 17.1 Å². The van der Waals surface area contributed by atoms with E-state index in [1.54, 1.807) is 0 Å². The Kier molecular flexibility index (Phi) is 9.89. The van der Waals surface area contributed by atoms with Gasteiger partial charge in [0.25, 0.3) is 0 Å². The smallest absolute Gasteiger partial charge is 0.143 e. The van der Waals surface area contributed by atoms with Crippen molar-refractivity contribution >= 4 is 82.1 Å². The standard InChI is InChI=1S/C70H45NO/c1-3-17-48(18-4-1)68-63-29-12-11-26-59(63)61-42-37-50(44-66(61)69(68)49-19-5-2-6-20-49)46-33-38-53(39-34-46)71(55-23-15-22-51(43-55)57-30-16-31-64-62-28-13-14-32-67(62)72-70(57)64)54-40-35-47(36-41-54)65-45-52-21-7-8-24-56(52)58-25-9-10-27-60(58)65/h1-45H. The van der Waals surface area contributed by atoms with Gasteiger partial charge in [0.15, 0.2) is 0 Å². The minimum Gasteiger partial charge on any atom is -0.455 e. The third-order valence-electron chi connectivity index (χ3n) is 14.6. The highest BCUT2D eigenvalue weighted by Crippen LogP contribution is 2.47. The van der Waals surface area contributed by atoms with Crippen LogP contribution in [-0.2, 0) is 0 Å². The normalized spacial score (nSPS) is 11.6. The maximum Gasteiger partial charge on any atom is 0.143 e. The van der Waals surface area contributed by atoms with Crippen molar-refractivity contribution in [2.45, 2.75) is 0 Å². The number of para-hydroxylation sites is 2. The third-order valence-corrected chi connectivity index (χ3v) is 14.6. The van der Waals surface area contributed by atoms with Gasteiger partial charge >= 0.3 is 0 Å². The number of hydrogen-bond acceptors (Lipinski definition) is 2. The van der Waals surface area contributed by atoms with Gasteiger partial charge in [-0.25, -0.2) is 0 Å². The van der Waals surface area contributed by atoms with Crippen LogP contribution in [0.5, 0.6) is 0 Å². The van der Waals surface area contributed by atoms with Crippen LogP contribution in [0, 0.1) is 0 Å². The maximum atomic E-state index is 6.57. The van der Waals surface area contributed by atoms with Gasteiger partial charge in [0.1, 0.15) is 11.2 Å². The molecule has 2 nitrogen and oxygen atoms in total. The summed E-state index contributed by atoms with van der Waals surface area (Å²) in [4.78, 5) is 2.38. The lowest BCUT2D eigenvalue weighted by Crippen LogP contribution is -2.10. The fraction of sp³-hybridized carbons (Fsp3) is 0. The van der Waals surface area contributed by atoms with Crippen LogP contribution in [-0.4, -0.2) is 0 Å². The summed E-state index contributed by atoms with van der Waals surface area (Å²) < 4.78 is 6.57. The number of nitrogens with zero attached hydrogens (tertiary/aromatic N) is 1. The summed E-state index contributed by atoms with van der Waals surface area (Å²) in [5, 5.41) is 12.2. The van der Waals surface area contributed by atoms with E-state index in [2.05, 4.69) is 272 Å². The first kappa shape index (κ1) is 41.5. The lowest BCUT2D eigenvalue weighted by atomic mass is 9.84. The second-order valence-corrected chi connectivity index (χ2v) is 18.7. The van der Waals surface area contributed by atoms with E-state index in [-0.39, 0.29) is 0 Å². The summed E-state index contributed by atoms with van der Waals surface area (Å²) in [5.41, 5.74) is 16.8. The van der Waals surface area contributed by atoms with Crippen LogP contribution < -0.4 is 4.90 Å². The Balaban J connectivity index is 0.913. The summed E-state index contributed by atoms with van der Waals surface area (Å²) in [6.45, 7) is 0. The lowest BCUT2D eigenvalue weighted by Gasteiger charge is -2.26. The molecule has 0 aliphatic carbocycles. The highest BCUT2D eigenvalue weighted by atomic mass is 16.3. The Morgan fingerprint density at radius 1 is 0.236 bits per heavy atom. The molecule has 2 heteroatoms. The molecule has 14 aromatic rings. The number of hydrogen-bond donors (Lipinski definition) is 0. The van der Waals surface area contributed by atoms with Crippen molar-refractivity contribution in [3.8, 4) is 55.6 Å². The van der Waals surface area contributed by atoms with Crippen molar-refractivity contribution in [3.63, 3.8) is 0 Å². The van der Waals surface area contributed by atoms with Gasteiger partial charge in [0.05, 0.1) is 0 Å². The summed E-state index contributed by atoms with van der Waals surface area (Å²) in [6, 6.07) is 99.2. The Hall–Kier alpha value is -9.50. The minimum absolute atomic E-state index is 0.893. The van der Waals surface area contributed by atoms with Crippen molar-refractivity contribution < 1.29 is 4.42 Å². The van der Waals surface area contributed by atoms with E-state index in [0.29, 0.717) is 0 Å². The van der Waals surface area contributed by atoms with E-state index in [4.69, 9.17) is 4.42 Å². The van der Waals surface area contributed by atoms with Gasteiger partial charge in [0, 0.05) is 33.4 Å². The molecular weight excluding hydrogens is 871 g/mol. The van der Waals surface area contributed by atoms with E-state index >= 15 is 0 Å². The number of benzene rings is 13. The first-order chi connectivity index (χ1) is 35.7. The Morgan fingerprint density at radius 3 is 1.47 bits per heavy atom. The van der Waals surface area contributed by atoms with Crippen LogP contribution in [0.25, 0.3) is 121 Å². The SMILES string of the molecule is c1ccc(-c2c(-c3ccccc3)c3cc(-c4ccc(N(c5ccc(-c6cc7ccccc7c7ccccc67)cc5)c5cccc(-c6cccc7c6oc6ccccc67)c5)cc4)ccc3c3ccccc23)cc1. The molecule has 0 saturated heterocycles. The maximum absolute atomic E-state index is 6.57. The van der Waals surface area contributed by atoms with Gasteiger partial charge in [-0.3, -0.25) is 0 Å². The second kappa shape index (κ2) is 17.2. The van der Waals surface area contributed by atoms with E-state index in [1.165, 1.54) is 82.0 Å². The molecule has 0 spiro atoms. The molecule has 1 aromatic heterocycles. The molecule has 0 amide bonds. The molecule has 0 atom stereocenters. The highest BCUT2D eigenvalue weighted by Gasteiger charge is 2.20. The fourth-order valence-corrected chi connectivity index (χ4v) is 11.3. The number of fused-ring (bicyclic) bond motifs is 9. The van der Waals surface area contributed by atoms with Crippen LogP contribution >= 0.6 is 0 Å².